The number of carbonyl (C=O) groups is 1. The first-order chi connectivity index (χ1) is 12.1. The fourth-order valence-electron chi connectivity index (χ4n) is 2.30. The Kier molecular flexibility index (Phi) is 4.99. The molecule has 0 saturated carbocycles. The molecule has 0 aliphatic heterocycles. The van der Waals surface area contributed by atoms with Crippen LogP contribution in [0.2, 0.25) is 0 Å². The molecule has 0 atom stereocenters. The van der Waals surface area contributed by atoms with Crippen molar-refractivity contribution in [3.8, 4) is 0 Å². The summed E-state index contributed by atoms with van der Waals surface area (Å²) in [7, 11) is 0. The van der Waals surface area contributed by atoms with Crippen molar-refractivity contribution < 1.29 is 9.18 Å². The number of anilines is 2. The van der Waals surface area contributed by atoms with Gasteiger partial charge >= 0.3 is 0 Å². The standard InChI is InChI=1S/C19H17FN4O/c1-13-11-17(18(25)21-12-14-7-5-6-10-16(14)20)24-19(22-13)23-15-8-3-2-4-9-15/h2-11H,12H2,1H3,(H,21,25)(H,22,23,24). The van der Waals surface area contributed by atoms with Crippen molar-refractivity contribution in [2.45, 2.75) is 13.5 Å². The Balaban J connectivity index is 1.73. The van der Waals surface area contributed by atoms with Crippen LogP contribution in [-0.2, 0) is 6.54 Å². The van der Waals surface area contributed by atoms with Gasteiger partial charge in [-0.1, -0.05) is 36.4 Å². The van der Waals surface area contributed by atoms with Gasteiger partial charge in [0.1, 0.15) is 11.5 Å². The molecule has 0 aliphatic carbocycles. The molecule has 3 rings (SSSR count). The molecule has 2 aromatic carbocycles. The van der Waals surface area contributed by atoms with Gasteiger partial charge < -0.3 is 10.6 Å². The lowest BCUT2D eigenvalue weighted by molar-refractivity contribution is 0.0945. The molecular weight excluding hydrogens is 319 g/mol. The maximum atomic E-state index is 13.6. The number of aryl methyl sites for hydroxylation is 1. The van der Waals surface area contributed by atoms with Crippen molar-refractivity contribution >= 4 is 17.5 Å². The van der Waals surface area contributed by atoms with Crippen LogP contribution in [0.4, 0.5) is 16.0 Å². The molecule has 3 aromatic rings. The number of aromatic nitrogens is 2. The quantitative estimate of drug-likeness (QED) is 0.747. The smallest absolute Gasteiger partial charge is 0.270 e. The van der Waals surface area contributed by atoms with Crippen molar-refractivity contribution in [1.29, 1.82) is 0 Å². The normalized spacial score (nSPS) is 10.3. The van der Waals surface area contributed by atoms with Gasteiger partial charge in [0.2, 0.25) is 5.95 Å². The van der Waals surface area contributed by atoms with Gasteiger partial charge in [0.15, 0.2) is 0 Å². The summed E-state index contributed by atoms with van der Waals surface area (Å²) in [6.07, 6.45) is 0. The highest BCUT2D eigenvalue weighted by Gasteiger charge is 2.11. The molecule has 25 heavy (non-hydrogen) atoms. The van der Waals surface area contributed by atoms with Crippen LogP contribution in [0.1, 0.15) is 21.7 Å². The highest BCUT2D eigenvalue weighted by molar-refractivity contribution is 5.92. The van der Waals surface area contributed by atoms with Crippen LogP contribution < -0.4 is 10.6 Å². The number of amides is 1. The Bertz CT molecular complexity index is 884. The molecule has 0 saturated heterocycles. The van der Waals surface area contributed by atoms with E-state index in [4.69, 9.17) is 0 Å². The number of nitrogens with zero attached hydrogens (tertiary/aromatic N) is 2. The molecule has 1 amide bonds. The van der Waals surface area contributed by atoms with Crippen LogP contribution in [0.5, 0.6) is 0 Å². The van der Waals surface area contributed by atoms with Gasteiger partial charge in [0, 0.05) is 23.5 Å². The van der Waals surface area contributed by atoms with E-state index in [1.807, 2.05) is 30.3 Å². The van der Waals surface area contributed by atoms with Crippen LogP contribution in [-0.4, -0.2) is 15.9 Å². The summed E-state index contributed by atoms with van der Waals surface area (Å²) >= 11 is 0. The van der Waals surface area contributed by atoms with Crippen molar-refractivity contribution in [1.82, 2.24) is 15.3 Å². The lowest BCUT2D eigenvalue weighted by Gasteiger charge is -2.09. The van der Waals surface area contributed by atoms with E-state index in [1.165, 1.54) is 6.07 Å². The minimum Gasteiger partial charge on any atom is -0.347 e. The molecule has 0 radical (unpaired) electrons. The number of rotatable bonds is 5. The van der Waals surface area contributed by atoms with Gasteiger partial charge in [-0.2, -0.15) is 0 Å². The van der Waals surface area contributed by atoms with E-state index < -0.39 is 0 Å². The average molecular weight is 336 g/mol. The lowest BCUT2D eigenvalue weighted by Crippen LogP contribution is -2.25. The topological polar surface area (TPSA) is 66.9 Å². The third-order valence-electron chi connectivity index (χ3n) is 3.51. The number of para-hydroxylation sites is 1. The van der Waals surface area contributed by atoms with Gasteiger partial charge in [-0.05, 0) is 31.2 Å². The fourth-order valence-corrected chi connectivity index (χ4v) is 2.30. The van der Waals surface area contributed by atoms with Crippen LogP contribution in [0.15, 0.2) is 60.7 Å². The first kappa shape index (κ1) is 16.6. The molecule has 2 N–H and O–H groups in total. The zero-order valence-corrected chi connectivity index (χ0v) is 13.7. The van der Waals surface area contributed by atoms with Gasteiger partial charge in [-0.25, -0.2) is 14.4 Å². The average Bonchev–Trinajstić information content (AvgIpc) is 2.61. The number of hydrogen-bond acceptors (Lipinski definition) is 4. The molecule has 0 spiro atoms. The highest BCUT2D eigenvalue weighted by Crippen LogP contribution is 2.13. The number of nitrogens with one attached hydrogen (secondary N) is 2. The van der Waals surface area contributed by atoms with Crippen LogP contribution in [0.3, 0.4) is 0 Å². The van der Waals surface area contributed by atoms with Gasteiger partial charge in [-0.15, -0.1) is 0 Å². The van der Waals surface area contributed by atoms with Gasteiger partial charge in [-0.3, -0.25) is 4.79 Å². The first-order valence-corrected chi connectivity index (χ1v) is 7.81. The fraction of sp³-hybridized carbons (Fsp3) is 0.105. The van der Waals surface area contributed by atoms with Crippen molar-refractivity contribution in [2.75, 3.05) is 5.32 Å². The van der Waals surface area contributed by atoms with E-state index in [1.54, 1.807) is 31.2 Å². The summed E-state index contributed by atoms with van der Waals surface area (Å²) in [5, 5.41) is 5.74. The number of carbonyl (C=O) groups excluding carboxylic acids is 1. The minimum absolute atomic E-state index is 0.0933. The van der Waals surface area contributed by atoms with Crippen LogP contribution >= 0.6 is 0 Å². The Labute approximate surface area is 145 Å². The number of benzene rings is 2. The Hall–Kier alpha value is -3.28. The highest BCUT2D eigenvalue weighted by atomic mass is 19.1. The molecule has 0 unspecified atom stereocenters. The molecule has 0 aliphatic rings. The third kappa shape index (κ3) is 4.38. The van der Waals surface area contributed by atoms with Crippen LogP contribution in [0.25, 0.3) is 0 Å². The molecule has 1 heterocycles. The molecule has 0 bridgehead atoms. The van der Waals surface area contributed by atoms with Gasteiger partial charge in [0.25, 0.3) is 5.91 Å². The summed E-state index contributed by atoms with van der Waals surface area (Å²) in [6.45, 7) is 1.88. The van der Waals surface area contributed by atoms with E-state index in [9.17, 15) is 9.18 Å². The Morgan fingerprint density at radius 1 is 1.04 bits per heavy atom. The monoisotopic (exact) mass is 336 g/mol. The van der Waals surface area contributed by atoms with E-state index >= 15 is 0 Å². The number of halogens is 1. The van der Waals surface area contributed by atoms with Crippen LogP contribution in [0, 0.1) is 12.7 Å². The van der Waals surface area contributed by atoms with Crippen molar-refractivity contribution in [2.24, 2.45) is 0 Å². The van der Waals surface area contributed by atoms with Crippen molar-refractivity contribution in [3.05, 3.63) is 83.4 Å². The summed E-state index contributed by atoms with van der Waals surface area (Å²) in [6, 6.07) is 17.4. The summed E-state index contributed by atoms with van der Waals surface area (Å²) in [4.78, 5) is 20.9. The zero-order chi connectivity index (χ0) is 17.6. The summed E-state index contributed by atoms with van der Waals surface area (Å²) < 4.78 is 13.6. The summed E-state index contributed by atoms with van der Waals surface area (Å²) in [5.74, 6) is -0.403. The molecule has 1 aromatic heterocycles. The van der Waals surface area contributed by atoms with E-state index in [-0.39, 0.29) is 24.0 Å². The summed E-state index contributed by atoms with van der Waals surface area (Å²) in [5.41, 5.74) is 2.13. The Morgan fingerprint density at radius 3 is 2.52 bits per heavy atom. The minimum atomic E-state index is -0.384. The first-order valence-electron chi connectivity index (χ1n) is 7.81. The predicted molar refractivity (Wildman–Crippen MR) is 94.1 cm³/mol. The second-order valence-corrected chi connectivity index (χ2v) is 5.48. The largest absolute Gasteiger partial charge is 0.347 e. The molecular formula is C19H17FN4O. The second kappa shape index (κ2) is 7.53. The SMILES string of the molecule is Cc1cc(C(=O)NCc2ccccc2F)nc(Nc2ccccc2)n1. The molecule has 126 valence electrons. The van der Waals surface area contributed by atoms with E-state index in [2.05, 4.69) is 20.6 Å². The van der Waals surface area contributed by atoms with E-state index in [0.29, 0.717) is 17.2 Å². The Morgan fingerprint density at radius 2 is 1.76 bits per heavy atom. The maximum Gasteiger partial charge on any atom is 0.270 e. The molecule has 6 heteroatoms. The van der Waals surface area contributed by atoms with E-state index in [0.717, 1.165) is 5.69 Å². The third-order valence-corrected chi connectivity index (χ3v) is 3.51. The molecule has 5 nitrogen and oxygen atoms in total. The number of hydrogen-bond donors (Lipinski definition) is 2. The second-order valence-electron chi connectivity index (χ2n) is 5.48. The molecule has 0 fully saturated rings. The van der Waals surface area contributed by atoms with Gasteiger partial charge in [0.05, 0.1) is 0 Å². The van der Waals surface area contributed by atoms with Crippen molar-refractivity contribution in [3.63, 3.8) is 0 Å². The maximum absolute atomic E-state index is 13.6. The lowest BCUT2D eigenvalue weighted by atomic mass is 10.2. The predicted octanol–water partition coefficient (Wildman–Crippen LogP) is 3.60. The zero-order valence-electron chi connectivity index (χ0n) is 13.7.